The molecule has 0 saturated carbocycles. The Balaban J connectivity index is 1.69. The standard InChI is InChI=1S/C23H27NO6/c1-14(2)13-29-17-4-5-18-15(3)19(23(28)30-20(18)12-17)6-7-21(25)24-10-8-16(9-11-24)22(26)27/h4-5,12,16H,1,6-11,13H2,2-3H3,(H,26,27)/p-1. The Morgan fingerprint density at radius 3 is 2.63 bits per heavy atom. The number of hydrogen-bond donors (Lipinski definition) is 0. The van der Waals surface area contributed by atoms with Gasteiger partial charge in [0.25, 0.3) is 0 Å². The number of carbonyl (C=O) groups is 2. The average Bonchev–Trinajstić information content (AvgIpc) is 2.71. The lowest BCUT2D eigenvalue weighted by atomic mass is 9.96. The molecule has 30 heavy (non-hydrogen) atoms. The van der Waals surface area contributed by atoms with Gasteiger partial charge in [0.2, 0.25) is 5.91 Å². The quantitative estimate of drug-likeness (QED) is 0.509. The van der Waals surface area contributed by atoms with E-state index in [2.05, 4.69) is 6.58 Å². The van der Waals surface area contributed by atoms with E-state index in [9.17, 15) is 19.5 Å². The van der Waals surface area contributed by atoms with E-state index in [-0.39, 0.29) is 18.7 Å². The second kappa shape index (κ2) is 9.15. The Morgan fingerprint density at radius 1 is 1.30 bits per heavy atom. The van der Waals surface area contributed by atoms with Crippen molar-refractivity contribution in [1.29, 1.82) is 0 Å². The summed E-state index contributed by atoms with van der Waals surface area (Å²) in [5, 5.41) is 11.7. The summed E-state index contributed by atoms with van der Waals surface area (Å²) >= 11 is 0. The van der Waals surface area contributed by atoms with E-state index < -0.39 is 17.5 Å². The van der Waals surface area contributed by atoms with Crippen molar-refractivity contribution in [2.75, 3.05) is 19.7 Å². The van der Waals surface area contributed by atoms with E-state index in [4.69, 9.17) is 9.15 Å². The fourth-order valence-corrected chi connectivity index (χ4v) is 3.71. The second-order valence-electron chi connectivity index (χ2n) is 7.87. The molecule has 0 atom stereocenters. The number of likely N-dealkylation sites (tertiary alicyclic amines) is 1. The van der Waals surface area contributed by atoms with Gasteiger partial charge in [-0.3, -0.25) is 4.79 Å². The third-order valence-electron chi connectivity index (χ3n) is 5.51. The Hall–Kier alpha value is -3.09. The lowest BCUT2D eigenvalue weighted by molar-refractivity contribution is -0.312. The number of amides is 1. The van der Waals surface area contributed by atoms with Crippen molar-refractivity contribution < 1.29 is 23.8 Å². The van der Waals surface area contributed by atoms with Crippen LogP contribution in [0.5, 0.6) is 5.75 Å². The summed E-state index contributed by atoms with van der Waals surface area (Å²) in [6.07, 6.45) is 1.26. The molecule has 0 N–H and O–H groups in total. The van der Waals surface area contributed by atoms with Crippen LogP contribution in [0, 0.1) is 12.8 Å². The third-order valence-corrected chi connectivity index (χ3v) is 5.51. The number of hydrogen-bond acceptors (Lipinski definition) is 6. The number of carboxylic acid groups (broad SMARTS) is 1. The van der Waals surface area contributed by atoms with Crippen molar-refractivity contribution in [3.63, 3.8) is 0 Å². The molecule has 7 nitrogen and oxygen atoms in total. The molecule has 1 amide bonds. The minimum atomic E-state index is -1.06. The van der Waals surface area contributed by atoms with Crippen LogP contribution in [0.25, 0.3) is 11.0 Å². The number of nitrogens with zero attached hydrogens (tertiary/aromatic N) is 1. The van der Waals surface area contributed by atoms with Crippen LogP contribution in [-0.4, -0.2) is 36.5 Å². The van der Waals surface area contributed by atoms with Gasteiger partial charge >= 0.3 is 5.63 Å². The van der Waals surface area contributed by atoms with Crippen LogP contribution in [0.4, 0.5) is 0 Å². The van der Waals surface area contributed by atoms with E-state index in [1.165, 1.54) is 0 Å². The normalized spacial score (nSPS) is 14.7. The predicted octanol–water partition coefficient (Wildman–Crippen LogP) is 1.98. The van der Waals surface area contributed by atoms with Gasteiger partial charge in [-0.1, -0.05) is 6.58 Å². The Labute approximate surface area is 174 Å². The second-order valence-corrected chi connectivity index (χ2v) is 7.87. The molecule has 1 aromatic heterocycles. The molecule has 2 aromatic rings. The number of fused-ring (bicyclic) bond motifs is 1. The average molecular weight is 412 g/mol. The SMILES string of the molecule is C=C(C)COc1ccc2c(C)c(CCC(=O)N3CCC(C(=O)[O-])CC3)c(=O)oc2c1. The maximum absolute atomic E-state index is 12.5. The van der Waals surface area contributed by atoms with Crippen LogP contribution in [0.2, 0.25) is 0 Å². The fraction of sp³-hybridized carbons (Fsp3) is 0.435. The number of carboxylic acids is 1. The summed E-state index contributed by atoms with van der Waals surface area (Å²) in [5.41, 5.74) is 2.14. The van der Waals surface area contributed by atoms with E-state index in [1.807, 2.05) is 26.0 Å². The molecule has 0 spiro atoms. The topological polar surface area (TPSA) is 99.9 Å². The number of rotatable bonds is 7. The first-order chi connectivity index (χ1) is 14.3. The van der Waals surface area contributed by atoms with Crippen molar-refractivity contribution in [3.05, 3.63) is 51.9 Å². The molecule has 7 heteroatoms. The van der Waals surface area contributed by atoms with Gasteiger partial charge in [-0.05, 0) is 56.4 Å². The number of ether oxygens (including phenoxy) is 1. The molecule has 2 heterocycles. The lowest BCUT2D eigenvalue weighted by Gasteiger charge is -2.32. The zero-order valence-electron chi connectivity index (χ0n) is 17.4. The van der Waals surface area contributed by atoms with Gasteiger partial charge < -0.3 is 24.0 Å². The number of aliphatic carboxylic acids is 1. The molecule has 1 aliphatic heterocycles. The molecule has 1 fully saturated rings. The maximum atomic E-state index is 12.5. The molecular weight excluding hydrogens is 386 g/mol. The first-order valence-corrected chi connectivity index (χ1v) is 10.1. The highest BCUT2D eigenvalue weighted by Crippen LogP contribution is 2.25. The van der Waals surface area contributed by atoms with Gasteiger partial charge in [0.05, 0.1) is 0 Å². The number of piperidine rings is 1. The smallest absolute Gasteiger partial charge is 0.339 e. The van der Waals surface area contributed by atoms with Crippen molar-refractivity contribution in [2.24, 2.45) is 5.92 Å². The summed E-state index contributed by atoms with van der Waals surface area (Å²) < 4.78 is 11.1. The predicted molar refractivity (Wildman–Crippen MR) is 110 cm³/mol. The summed E-state index contributed by atoms with van der Waals surface area (Å²) in [7, 11) is 0. The van der Waals surface area contributed by atoms with Crippen molar-refractivity contribution in [2.45, 2.75) is 39.5 Å². The molecule has 160 valence electrons. The zero-order valence-corrected chi connectivity index (χ0v) is 17.4. The highest BCUT2D eigenvalue weighted by Gasteiger charge is 2.24. The first kappa shape index (κ1) is 21.6. The Kier molecular flexibility index (Phi) is 6.59. The Bertz CT molecular complexity index is 1030. The van der Waals surface area contributed by atoms with E-state index >= 15 is 0 Å². The molecule has 0 aliphatic carbocycles. The Morgan fingerprint density at radius 2 is 2.00 bits per heavy atom. The number of benzene rings is 1. The van der Waals surface area contributed by atoms with E-state index in [0.717, 1.165) is 16.5 Å². The molecule has 1 aliphatic rings. The fourth-order valence-electron chi connectivity index (χ4n) is 3.71. The van der Waals surface area contributed by atoms with Crippen molar-refractivity contribution in [3.8, 4) is 5.75 Å². The number of carbonyl (C=O) groups excluding carboxylic acids is 2. The highest BCUT2D eigenvalue weighted by molar-refractivity contribution is 5.83. The molecule has 0 bridgehead atoms. The van der Waals surface area contributed by atoms with Crippen LogP contribution in [0.3, 0.4) is 0 Å². The number of aryl methyl sites for hydroxylation is 1. The summed E-state index contributed by atoms with van der Waals surface area (Å²) in [4.78, 5) is 37.6. The van der Waals surface area contributed by atoms with Gasteiger partial charge in [0.1, 0.15) is 17.9 Å². The van der Waals surface area contributed by atoms with Crippen molar-refractivity contribution in [1.82, 2.24) is 4.90 Å². The molecule has 1 aromatic carbocycles. The molecule has 0 unspecified atom stereocenters. The van der Waals surface area contributed by atoms with E-state index in [1.54, 1.807) is 11.0 Å². The van der Waals surface area contributed by atoms with Gasteiger partial charge in [-0.25, -0.2) is 4.79 Å². The zero-order chi connectivity index (χ0) is 21.8. The van der Waals surface area contributed by atoms with Crippen LogP contribution in [-0.2, 0) is 16.0 Å². The highest BCUT2D eigenvalue weighted by atomic mass is 16.5. The van der Waals surface area contributed by atoms with Gasteiger partial charge in [-0.2, -0.15) is 0 Å². The lowest BCUT2D eigenvalue weighted by Crippen LogP contribution is -2.43. The largest absolute Gasteiger partial charge is 0.550 e. The van der Waals surface area contributed by atoms with Crippen LogP contribution >= 0.6 is 0 Å². The van der Waals surface area contributed by atoms with Gasteiger partial charge in [-0.15, -0.1) is 0 Å². The van der Waals surface area contributed by atoms with E-state index in [0.29, 0.717) is 49.4 Å². The van der Waals surface area contributed by atoms with Crippen LogP contribution < -0.4 is 15.5 Å². The molecule has 1 saturated heterocycles. The summed E-state index contributed by atoms with van der Waals surface area (Å²) in [6, 6.07) is 5.34. The minimum absolute atomic E-state index is 0.0887. The molecule has 3 rings (SSSR count). The van der Waals surface area contributed by atoms with Gasteiger partial charge in [0.15, 0.2) is 0 Å². The third kappa shape index (κ3) is 4.90. The van der Waals surface area contributed by atoms with Crippen LogP contribution in [0.1, 0.15) is 37.3 Å². The summed E-state index contributed by atoms with van der Waals surface area (Å²) in [6.45, 7) is 8.69. The minimum Gasteiger partial charge on any atom is -0.550 e. The monoisotopic (exact) mass is 412 g/mol. The summed E-state index contributed by atoms with van der Waals surface area (Å²) in [5.74, 6) is -1.04. The maximum Gasteiger partial charge on any atom is 0.339 e. The van der Waals surface area contributed by atoms with Crippen molar-refractivity contribution >= 4 is 22.8 Å². The van der Waals surface area contributed by atoms with Gasteiger partial charge in [0, 0.05) is 48.4 Å². The molecule has 0 radical (unpaired) electrons. The molecular formula is C23H26NO6-. The van der Waals surface area contributed by atoms with Crippen LogP contribution in [0.15, 0.2) is 39.6 Å². The first-order valence-electron chi connectivity index (χ1n) is 10.1.